The molecule has 0 spiro atoms. The van der Waals surface area contributed by atoms with Crippen LogP contribution >= 0.6 is 15.9 Å². The van der Waals surface area contributed by atoms with Crippen LogP contribution in [-0.4, -0.2) is 43.5 Å². The molecule has 1 aliphatic rings. The maximum absolute atomic E-state index is 13.4. The summed E-state index contributed by atoms with van der Waals surface area (Å²) in [5.41, 5.74) is 1.68. The number of likely N-dealkylation sites (tertiary alicyclic amines) is 1. The highest BCUT2D eigenvalue weighted by Gasteiger charge is 2.23. The first kappa shape index (κ1) is 20.4. The van der Waals surface area contributed by atoms with Crippen LogP contribution in [0.5, 0.6) is 5.75 Å². The highest BCUT2D eigenvalue weighted by Crippen LogP contribution is 2.30. The number of ether oxygens (including phenoxy) is 1. The third kappa shape index (κ3) is 4.09. The summed E-state index contributed by atoms with van der Waals surface area (Å²) >= 11 is 3.43. The smallest absolute Gasteiger partial charge is 0.268 e. The molecule has 2 aromatic carbocycles. The van der Waals surface area contributed by atoms with Crippen molar-refractivity contribution in [2.45, 2.75) is 37.2 Å². The number of piperidine rings is 1. The molecule has 5 nitrogen and oxygen atoms in total. The van der Waals surface area contributed by atoms with Gasteiger partial charge in [0.25, 0.3) is 10.0 Å². The molecule has 1 saturated heterocycles. The summed E-state index contributed by atoms with van der Waals surface area (Å²) in [5, 5.41) is 0.879. The van der Waals surface area contributed by atoms with Gasteiger partial charge in [0.1, 0.15) is 11.9 Å². The summed E-state index contributed by atoms with van der Waals surface area (Å²) < 4.78 is 35.2. The monoisotopic (exact) mass is 476 g/mol. The molecule has 4 rings (SSSR count). The highest BCUT2D eigenvalue weighted by molar-refractivity contribution is 9.10. The Labute approximate surface area is 180 Å². The van der Waals surface area contributed by atoms with Gasteiger partial charge in [-0.05, 0) is 56.1 Å². The van der Waals surface area contributed by atoms with Crippen molar-refractivity contribution in [2.75, 3.05) is 20.1 Å². The van der Waals surface area contributed by atoms with Crippen LogP contribution in [0.2, 0.25) is 0 Å². The van der Waals surface area contributed by atoms with Crippen molar-refractivity contribution in [1.82, 2.24) is 8.87 Å². The van der Waals surface area contributed by atoms with Gasteiger partial charge in [-0.15, -0.1) is 0 Å². The maximum Gasteiger partial charge on any atom is 0.268 e. The first-order valence-electron chi connectivity index (χ1n) is 9.89. The van der Waals surface area contributed by atoms with E-state index in [-0.39, 0.29) is 11.0 Å². The molecule has 29 heavy (non-hydrogen) atoms. The molecule has 1 aromatic heterocycles. The van der Waals surface area contributed by atoms with E-state index in [4.69, 9.17) is 4.74 Å². The fourth-order valence-electron chi connectivity index (χ4n) is 3.78. The van der Waals surface area contributed by atoms with E-state index in [0.29, 0.717) is 11.3 Å². The molecule has 154 valence electrons. The normalized spacial score (nSPS) is 16.4. The van der Waals surface area contributed by atoms with Crippen molar-refractivity contribution >= 4 is 36.9 Å². The topological polar surface area (TPSA) is 51.5 Å². The summed E-state index contributed by atoms with van der Waals surface area (Å²) in [6.45, 7) is 4.05. The van der Waals surface area contributed by atoms with Gasteiger partial charge in [-0.3, -0.25) is 0 Å². The number of aromatic nitrogens is 1. The lowest BCUT2D eigenvalue weighted by molar-refractivity contribution is 0.113. The largest absolute Gasteiger partial charge is 0.490 e. The maximum atomic E-state index is 13.4. The quantitative estimate of drug-likeness (QED) is 0.536. The number of fused-ring (bicyclic) bond motifs is 1. The number of rotatable bonds is 5. The average Bonchev–Trinajstić information content (AvgIpc) is 3.13. The molecule has 0 unspecified atom stereocenters. The van der Waals surface area contributed by atoms with Gasteiger partial charge in [0.05, 0.1) is 10.4 Å². The van der Waals surface area contributed by atoms with Gasteiger partial charge >= 0.3 is 0 Å². The second kappa shape index (κ2) is 8.13. The fraction of sp³-hybridized carbons (Fsp3) is 0.364. The van der Waals surface area contributed by atoms with Gasteiger partial charge in [-0.25, -0.2) is 12.4 Å². The zero-order valence-electron chi connectivity index (χ0n) is 16.6. The van der Waals surface area contributed by atoms with Crippen LogP contribution in [-0.2, 0) is 16.4 Å². The van der Waals surface area contributed by atoms with Crippen molar-refractivity contribution in [3.8, 4) is 5.75 Å². The zero-order valence-corrected chi connectivity index (χ0v) is 19.0. The van der Waals surface area contributed by atoms with Gasteiger partial charge in [-0.1, -0.05) is 35.0 Å². The summed E-state index contributed by atoms with van der Waals surface area (Å²) in [4.78, 5) is 2.53. The minimum atomic E-state index is -3.73. The van der Waals surface area contributed by atoms with Crippen LogP contribution in [0.3, 0.4) is 0 Å². The third-order valence-electron chi connectivity index (χ3n) is 5.55. The van der Waals surface area contributed by atoms with Gasteiger partial charge in [0, 0.05) is 35.2 Å². The summed E-state index contributed by atoms with van der Waals surface area (Å²) in [5.74, 6) is 0.681. The van der Waals surface area contributed by atoms with Crippen molar-refractivity contribution in [2.24, 2.45) is 0 Å². The van der Waals surface area contributed by atoms with Crippen molar-refractivity contribution in [3.05, 3.63) is 58.7 Å². The van der Waals surface area contributed by atoms with Gasteiger partial charge in [0.15, 0.2) is 0 Å². The Kier molecular flexibility index (Phi) is 5.73. The number of hydrogen-bond donors (Lipinski definition) is 0. The van der Waals surface area contributed by atoms with Gasteiger partial charge < -0.3 is 9.64 Å². The minimum absolute atomic E-state index is 0.123. The minimum Gasteiger partial charge on any atom is -0.490 e. The number of halogens is 1. The molecule has 1 aliphatic heterocycles. The predicted octanol–water partition coefficient (Wildman–Crippen LogP) is 4.68. The lowest BCUT2D eigenvalue weighted by Gasteiger charge is -2.30. The molecule has 7 heteroatoms. The molecule has 2 heterocycles. The third-order valence-corrected chi connectivity index (χ3v) is 7.73. The Bertz CT molecular complexity index is 1130. The Balaban J connectivity index is 1.71. The van der Waals surface area contributed by atoms with Gasteiger partial charge in [-0.2, -0.15) is 0 Å². The molecule has 0 radical (unpaired) electrons. The lowest BCUT2D eigenvalue weighted by atomic mass is 10.1. The molecular formula is C22H25BrN2O3S. The first-order valence-corrected chi connectivity index (χ1v) is 12.1. The van der Waals surface area contributed by atoms with Crippen LogP contribution < -0.4 is 4.74 Å². The van der Waals surface area contributed by atoms with Crippen LogP contribution in [0.1, 0.15) is 25.3 Å². The standard InChI is InChI=1S/C22H25BrN2O3S/c1-3-16-5-7-20(15-22(16)28-19-9-11-24(2)12-10-19)29(26,27)25-13-8-17-4-6-18(23)14-21(17)25/h4-8,13-15,19H,3,9-12H2,1-2H3. The second-order valence-corrected chi connectivity index (χ2v) is 10.3. The van der Waals surface area contributed by atoms with Gasteiger partial charge in [0.2, 0.25) is 0 Å². The molecular weight excluding hydrogens is 452 g/mol. The number of benzene rings is 2. The van der Waals surface area contributed by atoms with E-state index in [1.54, 1.807) is 18.3 Å². The number of aryl methyl sites for hydroxylation is 1. The predicted molar refractivity (Wildman–Crippen MR) is 119 cm³/mol. The van der Waals surface area contributed by atoms with E-state index >= 15 is 0 Å². The molecule has 0 atom stereocenters. The van der Waals surface area contributed by atoms with E-state index in [1.165, 1.54) is 3.97 Å². The molecule has 0 N–H and O–H groups in total. The fourth-order valence-corrected chi connectivity index (χ4v) is 5.49. The van der Waals surface area contributed by atoms with Crippen LogP contribution in [0.15, 0.2) is 58.0 Å². The molecule has 0 bridgehead atoms. The van der Waals surface area contributed by atoms with Crippen molar-refractivity contribution in [3.63, 3.8) is 0 Å². The van der Waals surface area contributed by atoms with E-state index in [1.807, 2.05) is 30.3 Å². The zero-order chi connectivity index (χ0) is 20.6. The van der Waals surface area contributed by atoms with Crippen LogP contribution in [0.4, 0.5) is 0 Å². The number of nitrogens with zero attached hydrogens (tertiary/aromatic N) is 2. The summed E-state index contributed by atoms with van der Waals surface area (Å²) in [6.07, 6.45) is 4.43. The van der Waals surface area contributed by atoms with E-state index < -0.39 is 10.0 Å². The Morgan fingerprint density at radius 3 is 2.59 bits per heavy atom. The van der Waals surface area contributed by atoms with E-state index in [0.717, 1.165) is 47.8 Å². The molecule has 0 aliphatic carbocycles. The van der Waals surface area contributed by atoms with E-state index in [2.05, 4.69) is 34.8 Å². The highest BCUT2D eigenvalue weighted by atomic mass is 79.9. The first-order chi connectivity index (χ1) is 13.9. The summed E-state index contributed by atoms with van der Waals surface area (Å²) in [7, 11) is -1.62. The van der Waals surface area contributed by atoms with E-state index in [9.17, 15) is 8.42 Å². The Hall–Kier alpha value is -1.83. The molecule has 3 aromatic rings. The Morgan fingerprint density at radius 2 is 1.86 bits per heavy atom. The summed E-state index contributed by atoms with van der Waals surface area (Å²) in [6, 6.07) is 12.7. The molecule has 0 amide bonds. The number of hydrogen-bond acceptors (Lipinski definition) is 4. The van der Waals surface area contributed by atoms with Crippen molar-refractivity contribution < 1.29 is 13.2 Å². The lowest BCUT2D eigenvalue weighted by Crippen LogP contribution is -2.35. The molecule has 1 fully saturated rings. The Morgan fingerprint density at radius 1 is 1.10 bits per heavy atom. The molecule has 0 saturated carbocycles. The van der Waals surface area contributed by atoms with Crippen LogP contribution in [0, 0.1) is 0 Å². The second-order valence-electron chi connectivity index (χ2n) is 7.56. The average molecular weight is 477 g/mol. The van der Waals surface area contributed by atoms with Crippen LogP contribution in [0.25, 0.3) is 10.9 Å². The van der Waals surface area contributed by atoms with Crippen molar-refractivity contribution in [1.29, 1.82) is 0 Å². The SMILES string of the molecule is CCc1ccc(S(=O)(=O)n2ccc3ccc(Br)cc32)cc1OC1CCN(C)CC1.